The topological polar surface area (TPSA) is 51.3 Å². The number of aromatic nitrogens is 1. The molecule has 31 heavy (non-hydrogen) atoms. The highest BCUT2D eigenvalue weighted by atomic mass is 19.1. The van der Waals surface area contributed by atoms with Gasteiger partial charge in [-0.3, -0.25) is 4.79 Å². The normalized spacial score (nSPS) is 19.0. The van der Waals surface area contributed by atoms with Gasteiger partial charge in [-0.2, -0.15) is 0 Å². The minimum absolute atomic E-state index is 0.156. The molecule has 0 spiro atoms. The Labute approximate surface area is 182 Å². The molecule has 1 aliphatic heterocycles. The lowest BCUT2D eigenvalue weighted by atomic mass is 9.95. The number of halogens is 1. The second kappa shape index (κ2) is 8.12. The molecule has 2 heterocycles. The zero-order valence-corrected chi connectivity index (χ0v) is 17.9. The van der Waals surface area contributed by atoms with Crippen molar-refractivity contribution in [3.05, 3.63) is 71.7 Å². The average molecular weight is 420 g/mol. The maximum atomic E-state index is 13.1. The van der Waals surface area contributed by atoms with E-state index in [2.05, 4.69) is 39.9 Å². The molecule has 0 atom stereocenters. The van der Waals surface area contributed by atoms with Gasteiger partial charge in [-0.05, 0) is 79.3 Å². The van der Waals surface area contributed by atoms with Crippen molar-refractivity contribution in [2.75, 3.05) is 19.6 Å². The predicted molar refractivity (Wildman–Crippen MR) is 121 cm³/mol. The number of piperidine rings is 1. The fourth-order valence-corrected chi connectivity index (χ4v) is 5.03. The number of nitrogens with two attached hydrogens (primary N) is 1. The summed E-state index contributed by atoms with van der Waals surface area (Å²) < 4.78 is 15.5. The van der Waals surface area contributed by atoms with Gasteiger partial charge in [0.25, 0.3) is 0 Å². The third-order valence-corrected chi connectivity index (χ3v) is 7.29. The summed E-state index contributed by atoms with van der Waals surface area (Å²) in [5.41, 5.74) is 9.00. The first-order chi connectivity index (χ1) is 15.0. The van der Waals surface area contributed by atoms with Crippen LogP contribution in [0.2, 0.25) is 0 Å². The van der Waals surface area contributed by atoms with E-state index in [1.807, 2.05) is 12.1 Å². The number of benzene rings is 2. The van der Waals surface area contributed by atoms with Crippen molar-refractivity contribution in [3.63, 3.8) is 0 Å². The number of likely N-dealkylation sites (tertiary alicyclic amines) is 1. The monoisotopic (exact) mass is 419 g/mol. The number of hydrogen-bond acceptors (Lipinski definition) is 2. The summed E-state index contributed by atoms with van der Waals surface area (Å²) in [6.45, 7) is 3.18. The maximum Gasteiger partial charge on any atom is 0.223 e. The first-order valence-corrected chi connectivity index (χ1v) is 11.4. The minimum atomic E-state index is -0.305. The number of nitrogens with zero attached hydrogens (tertiary/aromatic N) is 2. The van der Waals surface area contributed by atoms with E-state index in [4.69, 9.17) is 5.73 Å². The van der Waals surface area contributed by atoms with Crippen molar-refractivity contribution in [2.24, 2.45) is 11.1 Å². The first-order valence-electron chi connectivity index (χ1n) is 11.4. The summed E-state index contributed by atoms with van der Waals surface area (Å²) in [5.74, 6) is -0.329. The van der Waals surface area contributed by atoms with E-state index in [1.54, 1.807) is 12.1 Å². The number of primary amides is 1. The van der Waals surface area contributed by atoms with Crippen molar-refractivity contribution in [2.45, 2.75) is 44.6 Å². The molecule has 0 unspecified atom stereocenters. The average Bonchev–Trinajstić information content (AvgIpc) is 3.45. The molecule has 1 aliphatic carbocycles. The van der Waals surface area contributed by atoms with Crippen LogP contribution in [0.3, 0.4) is 0 Å². The fraction of sp³-hybridized carbons (Fsp3) is 0.423. The molecule has 0 bridgehead atoms. The molecule has 0 radical (unpaired) electrons. The molecule has 4 nitrogen and oxygen atoms in total. The van der Waals surface area contributed by atoms with Crippen LogP contribution in [0.1, 0.15) is 42.9 Å². The van der Waals surface area contributed by atoms with Crippen LogP contribution in [-0.2, 0) is 17.6 Å². The lowest BCUT2D eigenvalue weighted by Crippen LogP contribution is -2.35. The number of hydrogen-bond donors (Lipinski definition) is 1. The summed E-state index contributed by atoms with van der Waals surface area (Å²) >= 11 is 0. The van der Waals surface area contributed by atoms with Crippen LogP contribution in [-0.4, -0.2) is 35.0 Å². The highest BCUT2D eigenvalue weighted by molar-refractivity contribution is 5.85. The largest absolute Gasteiger partial charge is 0.369 e. The molecule has 5 rings (SSSR count). The van der Waals surface area contributed by atoms with Gasteiger partial charge in [0, 0.05) is 37.4 Å². The molecule has 3 aromatic rings. The van der Waals surface area contributed by atoms with Gasteiger partial charge in [-0.15, -0.1) is 0 Å². The van der Waals surface area contributed by atoms with Crippen LogP contribution in [0.5, 0.6) is 0 Å². The third-order valence-electron chi connectivity index (χ3n) is 7.29. The van der Waals surface area contributed by atoms with Crippen LogP contribution >= 0.6 is 0 Å². The SMILES string of the molecule is NC(=O)C1(Cc2ccc3ccn(C4CCN(CCc5ccc(F)cc5)CC4)c3c2)CC1. The van der Waals surface area contributed by atoms with E-state index in [-0.39, 0.29) is 17.1 Å². The van der Waals surface area contributed by atoms with Crippen LogP contribution in [0.25, 0.3) is 10.9 Å². The Morgan fingerprint density at radius 2 is 1.74 bits per heavy atom. The minimum Gasteiger partial charge on any atom is -0.369 e. The molecule has 2 aliphatic rings. The number of rotatable bonds is 7. The molecule has 1 saturated heterocycles. The van der Waals surface area contributed by atoms with Crippen molar-refractivity contribution >= 4 is 16.8 Å². The maximum absolute atomic E-state index is 13.1. The number of fused-ring (bicyclic) bond motifs is 1. The van der Waals surface area contributed by atoms with Crippen molar-refractivity contribution in [3.8, 4) is 0 Å². The Morgan fingerprint density at radius 1 is 1.03 bits per heavy atom. The highest BCUT2D eigenvalue weighted by Crippen LogP contribution is 2.48. The fourth-order valence-electron chi connectivity index (χ4n) is 5.03. The quantitative estimate of drug-likeness (QED) is 0.614. The smallest absolute Gasteiger partial charge is 0.223 e. The summed E-state index contributed by atoms with van der Waals surface area (Å²) in [5, 5.41) is 1.26. The Morgan fingerprint density at radius 3 is 2.42 bits per heavy atom. The van der Waals surface area contributed by atoms with Crippen LogP contribution in [0.4, 0.5) is 4.39 Å². The van der Waals surface area contributed by atoms with Gasteiger partial charge in [-0.25, -0.2) is 4.39 Å². The Bertz CT molecular complexity index is 1080. The summed E-state index contributed by atoms with van der Waals surface area (Å²) in [7, 11) is 0. The van der Waals surface area contributed by atoms with Gasteiger partial charge < -0.3 is 15.2 Å². The molecular weight excluding hydrogens is 389 g/mol. The molecule has 2 fully saturated rings. The Balaban J connectivity index is 1.22. The van der Waals surface area contributed by atoms with Crippen molar-refractivity contribution in [1.82, 2.24) is 9.47 Å². The van der Waals surface area contributed by atoms with E-state index in [0.29, 0.717) is 6.04 Å². The lowest BCUT2D eigenvalue weighted by molar-refractivity contribution is -0.123. The molecule has 1 saturated carbocycles. The highest BCUT2D eigenvalue weighted by Gasteiger charge is 2.48. The van der Waals surface area contributed by atoms with Crippen molar-refractivity contribution < 1.29 is 9.18 Å². The molecule has 2 N–H and O–H groups in total. The van der Waals surface area contributed by atoms with Crippen LogP contribution < -0.4 is 5.73 Å². The zero-order chi connectivity index (χ0) is 21.4. The van der Waals surface area contributed by atoms with Gasteiger partial charge in [0.05, 0.1) is 5.41 Å². The standard InChI is InChI=1S/C26H30FN3O/c27-22-5-2-19(3-6-22)7-13-29-14-9-23(10-15-29)30-16-8-21-4-1-20(17-24(21)30)18-26(11-12-26)25(28)31/h1-6,8,16-17,23H,7,9-15,18H2,(H2,28,31). The first kappa shape index (κ1) is 20.3. The predicted octanol–water partition coefficient (Wildman–Crippen LogP) is 4.47. The number of carbonyl (C=O) groups excluding carboxylic acids is 1. The van der Waals surface area contributed by atoms with Gasteiger partial charge >= 0.3 is 0 Å². The second-order valence-corrected chi connectivity index (χ2v) is 9.39. The number of carbonyl (C=O) groups is 1. The molecular formula is C26H30FN3O. The van der Waals surface area contributed by atoms with E-state index >= 15 is 0 Å². The van der Waals surface area contributed by atoms with E-state index in [1.165, 1.54) is 22.0 Å². The van der Waals surface area contributed by atoms with Crippen molar-refractivity contribution in [1.29, 1.82) is 0 Å². The molecule has 5 heteroatoms. The summed E-state index contributed by atoms with van der Waals surface area (Å²) in [4.78, 5) is 14.3. The van der Waals surface area contributed by atoms with Gasteiger partial charge in [0.2, 0.25) is 5.91 Å². The van der Waals surface area contributed by atoms with E-state index < -0.39 is 0 Å². The van der Waals surface area contributed by atoms with Gasteiger partial charge in [-0.1, -0.05) is 24.3 Å². The van der Waals surface area contributed by atoms with Gasteiger partial charge in [0.1, 0.15) is 5.82 Å². The zero-order valence-electron chi connectivity index (χ0n) is 17.9. The molecule has 1 amide bonds. The lowest BCUT2D eigenvalue weighted by Gasteiger charge is -2.33. The third kappa shape index (κ3) is 4.24. The van der Waals surface area contributed by atoms with E-state index in [0.717, 1.165) is 58.2 Å². The molecule has 2 aromatic carbocycles. The van der Waals surface area contributed by atoms with Gasteiger partial charge in [0.15, 0.2) is 0 Å². The molecule has 162 valence electrons. The van der Waals surface area contributed by atoms with E-state index in [9.17, 15) is 9.18 Å². The Kier molecular flexibility index (Phi) is 5.30. The summed E-state index contributed by atoms with van der Waals surface area (Å²) in [6.07, 6.45) is 8.02. The summed E-state index contributed by atoms with van der Waals surface area (Å²) in [6, 6.07) is 16.1. The molecule has 1 aromatic heterocycles. The van der Waals surface area contributed by atoms with Crippen LogP contribution in [0.15, 0.2) is 54.7 Å². The number of amides is 1. The van der Waals surface area contributed by atoms with Crippen LogP contribution in [0, 0.1) is 11.2 Å². The Hall–Kier alpha value is -2.66. The second-order valence-electron chi connectivity index (χ2n) is 9.39.